The van der Waals surface area contributed by atoms with Crippen LogP contribution in [0.3, 0.4) is 0 Å². The Morgan fingerprint density at radius 2 is 1.58 bits per heavy atom. The van der Waals surface area contributed by atoms with Crippen LogP contribution in [0.25, 0.3) is 0 Å². The summed E-state index contributed by atoms with van der Waals surface area (Å²) in [6.45, 7) is 9.70. The minimum atomic E-state index is -0.520. The second kappa shape index (κ2) is 9.91. The standard InChI is InChI=1S/C19H30N4O3/c1-7-15(5)20-19(26)22-17(25)11-23(6)10-16(24)21-18-13(3)8-12(2)9-14(18)4/h8-9,15H,7,10-11H2,1-6H3,(H,21,24)(H2,20,22,25,26)/t15-/m0/s1. The van der Waals surface area contributed by atoms with Gasteiger partial charge in [0, 0.05) is 11.7 Å². The molecule has 4 amide bonds. The number of nitrogens with zero attached hydrogens (tertiary/aromatic N) is 1. The summed E-state index contributed by atoms with van der Waals surface area (Å²) in [6, 6.07) is 3.49. The van der Waals surface area contributed by atoms with Crippen molar-refractivity contribution >= 4 is 23.5 Å². The zero-order chi connectivity index (χ0) is 19.9. The van der Waals surface area contributed by atoms with Gasteiger partial charge in [-0.15, -0.1) is 0 Å². The van der Waals surface area contributed by atoms with Gasteiger partial charge in [-0.05, 0) is 52.3 Å². The lowest BCUT2D eigenvalue weighted by atomic mass is 10.1. The van der Waals surface area contributed by atoms with Gasteiger partial charge in [-0.3, -0.25) is 19.8 Å². The largest absolute Gasteiger partial charge is 0.335 e. The third-order valence-corrected chi connectivity index (χ3v) is 4.01. The molecule has 0 aliphatic carbocycles. The van der Waals surface area contributed by atoms with Crippen molar-refractivity contribution in [1.29, 1.82) is 0 Å². The zero-order valence-electron chi connectivity index (χ0n) is 16.5. The Morgan fingerprint density at radius 3 is 2.12 bits per heavy atom. The number of carbonyl (C=O) groups excluding carboxylic acids is 3. The van der Waals surface area contributed by atoms with E-state index in [4.69, 9.17) is 0 Å². The molecule has 1 rings (SSSR count). The maximum atomic E-state index is 12.2. The van der Waals surface area contributed by atoms with E-state index in [0.717, 1.165) is 28.8 Å². The van der Waals surface area contributed by atoms with Gasteiger partial charge in [0.15, 0.2) is 0 Å². The Balaban J connectivity index is 2.50. The first-order chi connectivity index (χ1) is 12.1. The van der Waals surface area contributed by atoms with Crippen LogP contribution in [-0.2, 0) is 9.59 Å². The minimum absolute atomic E-state index is 0.00713. The number of rotatable bonds is 7. The molecule has 7 nitrogen and oxygen atoms in total. The van der Waals surface area contributed by atoms with Crippen molar-refractivity contribution in [1.82, 2.24) is 15.5 Å². The van der Waals surface area contributed by atoms with E-state index in [1.165, 1.54) is 0 Å². The van der Waals surface area contributed by atoms with Crippen molar-refractivity contribution in [3.8, 4) is 0 Å². The molecule has 7 heteroatoms. The molecule has 0 radical (unpaired) electrons. The Kier molecular flexibility index (Phi) is 8.25. The van der Waals surface area contributed by atoms with Gasteiger partial charge in [-0.2, -0.15) is 0 Å². The Bertz CT molecular complexity index is 650. The normalized spacial score (nSPS) is 11.8. The molecule has 1 aromatic rings. The second-order valence-electron chi connectivity index (χ2n) is 6.83. The van der Waals surface area contributed by atoms with Crippen LogP contribution in [0.4, 0.5) is 10.5 Å². The summed E-state index contributed by atoms with van der Waals surface area (Å²) >= 11 is 0. The molecule has 0 aliphatic rings. The predicted molar refractivity (Wildman–Crippen MR) is 103 cm³/mol. The van der Waals surface area contributed by atoms with Gasteiger partial charge in [0.1, 0.15) is 0 Å². The van der Waals surface area contributed by atoms with Crippen molar-refractivity contribution < 1.29 is 14.4 Å². The first-order valence-corrected chi connectivity index (χ1v) is 8.79. The van der Waals surface area contributed by atoms with E-state index in [9.17, 15) is 14.4 Å². The molecule has 0 spiro atoms. The number of imide groups is 1. The van der Waals surface area contributed by atoms with Crippen LogP contribution < -0.4 is 16.0 Å². The molecule has 1 atom stereocenters. The van der Waals surface area contributed by atoms with Crippen LogP contribution in [-0.4, -0.2) is 48.9 Å². The third-order valence-electron chi connectivity index (χ3n) is 4.01. The van der Waals surface area contributed by atoms with Gasteiger partial charge >= 0.3 is 6.03 Å². The van der Waals surface area contributed by atoms with E-state index in [0.29, 0.717) is 0 Å². The molecular formula is C19H30N4O3. The summed E-state index contributed by atoms with van der Waals surface area (Å²) < 4.78 is 0. The van der Waals surface area contributed by atoms with Crippen molar-refractivity contribution in [2.24, 2.45) is 0 Å². The average molecular weight is 362 g/mol. The topological polar surface area (TPSA) is 90.5 Å². The first kappa shape index (κ1) is 21.6. The van der Waals surface area contributed by atoms with E-state index in [-0.39, 0.29) is 25.0 Å². The van der Waals surface area contributed by atoms with Gasteiger partial charge < -0.3 is 10.6 Å². The molecule has 0 aromatic heterocycles. The highest BCUT2D eigenvalue weighted by Gasteiger charge is 2.15. The minimum Gasteiger partial charge on any atom is -0.335 e. The van der Waals surface area contributed by atoms with E-state index < -0.39 is 11.9 Å². The number of aryl methyl sites for hydroxylation is 3. The average Bonchev–Trinajstić information content (AvgIpc) is 2.49. The Morgan fingerprint density at radius 1 is 1.04 bits per heavy atom. The van der Waals surface area contributed by atoms with Crippen LogP contribution in [0, 0.1) is 20.8 Å². The fraction of sp³-hybridized carbons (Fsp3) is 0.526. The number of hydrogen-bond donors (Lipinski definition) is 3. The Labute approximate surface area is 155 Å². The lowest BCUT2D eigenvalue weighted by Crippen LogP contribution is -2.47. The number of benzene rings is 1. The lowest BCUT2D eigenvalue weighted by molar-refractivity contribution is -0.122. The molecule has 0 bridgehead atoms. The number of anilines is 1. The molecular weight excluding hydrogens is 332 g/mol. The maximum absolute atomic E-state index is 12.2. The van der Waals surface area contributed by atoms with Crippen LogP contribution >= 0.6 is 0 Å². The van der Waals surface area contributed by atoms with Crippen LogP contribution in [0.1, 0.15) is 37.0 Å². The van der Waals surface area contributed by atoms with Crippen molar-refractivity contribution in [3.05, 3.63) is 28.8 Å². The fourth-order valence-electron chi connectivity index (χ4n) is 2.63. The van der Waals surface area contributed by atoms with Gasteiger partial charge in [0.25, 0.3) is 0 Å². The molecule has 3 N–H and O–H groups in total. The summed E-state index contributed by atoms with van der Waals surface area (Å²) in [5.41, 5.74) is 3.93. The monoisotopic (exact) mass is 362 g/mol. The van der Waals surface area contributed by atoms with Gasteiger partial charge in [-0.25, -0.2) is 4.79 Å². The molecule has 0 saturated carbocycles. The fourth-order valence-corrected chi connectivity index (χ4v) is 2.63. The lowest BCUT2D eigenvalue weighted by Gasteiger charge is -2.18. The van der Waals surface area contributed by atoms with E-state index in [1.54, 1.807) is 11.9 Å². The van der Waals surface area contributed by atoms with Crippen LogP contribution in [0.5, 0.6) is 0 Å². The Hall–Kier alpha value is -2.41. The predicted octanol–water partition coefficient (Wildman–Crippen LogP) is 2.11. The van der Waals surface area contributed by atoms with Gasteiger partial charge in [0.2, 0.25) is 11.8 Å². The van der Waals surface area contributed by atoms with E-state index in [1.807, 2.05) is 46.8 Å². The zero-order valence-corrected chi connectivity index (χ0v) is 16.5. The third kappa shape index (κ3) is 7.23. The SMILES string of the molecule is CC[C@H](C)NC(=O)NC(=O)CN(C)CC(=O)Nc1c(C)cc(C)cc1C. The van der Waals surface area contributed by atoms with Crippen LogP contribution in [0.15, 0.2) is 12.1 Å². The van der Waals surface area contributed by atoms with Crippen molar-refractivity contribution in [2.75, 3.05) is 25.5 Å². The van der Waals surface area contributed by atoms with Crippen molar-refractivity contribution in [2.45, 2.75) is 47.1 Å². The second-order valence-corrected chi connectivity index (χ2v) is 6.83. The summed E-state index contributed by atoms with van der Waals surface area (Å²) in [5.74, 6) is -0.664. The van der Waals surface area contributed by atoms with E-state index >= 15 is 0 Å². The molecule has 0 saturated heterocycles. The number of urea groups is 1. The van der Waals surface area contributed by atoms with Crippen molar-refractivity contribution in [3.63, 3.8) is 0 Å². The quantitative estimate of drug-likeness (QED) is 0.693. The summed E-state index contributed by atoms with van der Waals surface area (Å²) in [4.78, 5) is 37.3. The molecule has 0 fully saturated rings. The molecule has 1 aromatic carbocycles. The van der Waals surface area contributed by atoms with Gasteiger partial charge in [-0.1, -0.05) is 24.6 Å². The molecule has 0 heterocycles. The number of likely N-dealkylation sites (N-methyl/N-ethyl adjacent to an activating group) is 1. The highest BCUT2D eigenvalue weighted by atomic mass is 16.2. The number of hydrogen-bond acceptors (Lipinski definition) is 4. The number of nitrogens with one attached hydrogen (secondary N) is 3. The van der Waals surface area contributed by atoms with E-state index in [2.05, 4.69) is 16.0 Å². The molecule has 0 aliphatic heterocycles. The number of carbonyl (C=O) groups is 3. The molecule has 0 unspecified atom stereocenters. The smallest absolute Gasteiger partial charge is 0.321 e. The van der Waals surface area contributed by atoms with Gasteiger partial charge in [0.05, 0.1) is 13.1 Å². The molecule has 26 heavy (non-hydrogen) atoms. The van der Waals surface area contributed by atoms with Crippen LogP contribution in [0.2, 0.25) is 0 Å². The highest BCUT2D eigenvalue weighted by molar-refractivity contribution is 5.96. The first-order valence-electron chi connectivity index (χ1n) is 8.79. The summed E-state index contributed by atoms with van der Waals surface area (Å²) in [7, 11) is 1.65. The molecule has 144 valence electrons. The highest BCUT2D eigenvalue weighted by Crippen LogP contribution is 2.21. The number of amides is 4. The summed E-state index contributed by atoms with van der Waals surface area (Å²) in [6.07, 6.45) is 0.777. The maximum Gasteiger partial charge on any atom is 0.321 e. The summed E-state index contributed by atoms with van der Waals surface area (Å²) in [5, 5.41) is 7.81.